The molecule has 3 heterocycles. The first-order valence-corrected chi connectivity index (χ1v) is 11.3. The molecule has 2 aliphatic rings. The molecule has 2 aromatic heterocycles. The highest BCUT2D eigenvalue weighted by molar-refractivity contribution is 6.43. The molecule has 1 aromatic carbocycles. The van der Waals surface area contributed by atoms with Gasteiger partial charge in [-0.1, -0.05) is 42.3 Å². The topological polar surface area (TPSA) is 72.3 Å². The van der Waals surface area contributed by atoms with Crippen LogP contribution in [0.4, 0.5) is 5.95 Å². The van der Waals surface area contributed by atoms with Gasteiger partial charge in [0, 0.05) is 30.3 Å². The number of rotatable bonds is 2. The summed E-state index contributed by atoms with van der Waals surface area (Å²) in [5.74, 6) is 1.60. The number of hydrogen-bond donors (Lipinski definition) is 1. The zero-order valence-corrected chi connectivity index (χ0v) is 18.8. The van der Waals surface area contributed by atoms with Crippen LogP contribution < -0.4 is 10.6 Å². The highest BCUT2D eigenvalue weighted by Gasteiger charge is 2.46. The SMILES string of the molecule is Cc1nc(N2CCC3(CC2)C[C@@H](C)C[C@H]3N)n2cnnc2c1-c1cccc(Cl)c1Cl. The predicted octanol–water partition coefficient (Wildman–Crippen LogP) is 4.75. The van der Waals surface area contributed by atoms with Gasteiger partial charge in [0.05, 0.1) is 15.7 Å². The molecule has 1 saturated carbocycles. The molecule has 6 nitrogen and oxygen atoms in total. The summed E-state index contributed by atoms with van der Waals surface area (Å²) in [5, 5.41) is 9.60. The molecule has 0 radical (unpaired) electrons. The Kier molecular flexibility index (Phi) is 4.92. The van der Waals surface area contributed by atoms with Gasteiger partial charge in [-0.25, -0.2) is 4.98 Å². The average molecular weight is 445 g/mol. The molecule has 2 atom stereocenters. The fourth-order valence-corrected chi connectivity index (χ4v) is 5.94. The fraction of sp³-hybridized carbons (Fsp3) is 0.500. The van der Waals surface area contributed by atoms with Crippen molar-refractivity contribution in [2.45, 2.75) is 45.6 Å². The number of aryl methyl sites for hydroxylation is 1. The van der Waals surface area contributed by atoms with E-state index < -0.39 is 0 Å². The number of fused-ring (bicyclic) bond motifs is 1. The average Bonchev–Trinajstić information content (AvgIpc) is 3.29. The number of piperidine rings is 1. The summed E-state index contributed by atoms with van der Waals surface area (Å²) in [4.78, 5) is 7.31. The van der Waals surface area contributed by atoms with Gasteiger partial charge in [0.2, 0.25) is 5.95 Å². The summed E-state index contributed by atoms with van der Waals surface area (Å²) in [6.07, 6.45) is 6.31. The van der Waals surface area contributed by atoms with Gasteiger partial charge in [-0.05, 0) is 50.0 Å². The van der Waals surface area contributed by atoms with Crippen LogP contribution in [0.2, 0.25) is 10.0 Å². The minimum Gasteiger partial charge on any atom is -0.342 e. The second-order valence-electron chi connectivity index (χ2n) is 9.00. The lowest BCUT2D eigenvalue weighted by molar-refractivity contribution is 0.192. The van der Waals surface area contributed by atoms with Gasteiger partial charge in [0.15, 0.2) is 5.65 Å². The Morgan fingerprint density at radius 3 is 2.67 bits per heavy atom. The molecule has 158 valence electrons. The molecule has 1 saturated heterocycles. The van der Waals surface area contributed by atoms with Crippen molar-refractivity contribution >= 4 is 34.8 Å². The lowest BCUT2D eigenvalue weighted by Crippen LogP contribution is -2.47. The Hall–Kier alpha value is -1.89. The highest BCUT2D eigenvalue weighted by atomic mass is 35.5. The van der Waals surface area contributed by atoms with Crippen molar-refractivity contribution in [1.82, 2.24) is 19.6 Å². The summed E-state index contributed by atoms with van der Waals surface area (Å²) in [6.45, 7) is 6.20. The van der Waals surface area contributed by atoms with Crippen molar-refractivity contribution in [1.29, 1.82) is 0 Å². The van der Waals surface area contributed by atoms with Gasteiger partial charge in [-0.3, -0.25) is 4.40 Å². The summed E-state index contributed by atoms with van der Waals surface area (Å²) in [6, 6.07) is 5.93. The monoisotopic (exact) mass is 444 g/mol. The van der Waals surface area contributed by atoms with E-state index in [4.69, 9.17) is 33.9 Å². The van der Waals surface area contributed by atoms with Crippen molar-refractivity contribution in [3.63, 3.8) is 0 Å². The number of nitrogens with zero attached hydrogens (tertiary/aromatic N) is 5. The summed E-state index contributed by atoms with van der Waals surface area (Å²) < 4.78 is 1.97. The van der Waals surface area contributed by atoms with Gasteiger partial charge in [0.1, 0.15) is 6.33 Å². The molecule has 2 N–H and O–H groups in total. The molecule has 1 aliphatic heterocycles. The maximum absolute atomic E-state index is 6.55. The van der Waals surface area contributed by atoms with Gasteiger partial charge in [-0.15, -0.1) is 10.2 Å². The van der Waals surface area contributed by atoms with Crippen molar-refractivity contribution in [3.8, 4) is 11.1 Å². The van der Waals surface area contributed by atoms with Gasteiger partial charge in [0.25, 0.3) is 0 Å². The first-order valence-electron chi connectivity index (χ1n) is 10.5. The molecular formula is C22H26Cl2N6. The van der Waals surface area contributed by atoms with E-state index >= 15 is 0 Å². The molecule has 30 heavy (non-hydrogen) atoms. The van der Waals surface area contributed by atoms with Crippen LogP contribution in [-0.2, 0) is 0 Å². The Labute approximate surface area is 186 Å². The predicted molar refractivity (Wildman–Crippen MR) is 121 cm³/mol. The Bertz CT molecular complexity index is 1100. The van der Waals surface area contributed by atoms with Crippen LogP contribution in [0.25, 0.3) is 16.8 Å². The molecule has 0 bridgehead atoms. The summed E-state index contributed by atoms with van der Waals surface area (Å²) in [7, 11) is 0. The van der Waals surface area contributed by atoms with E-state index in [-0.39, 0.29) is 5.41 Å². The number of anilines is 1. The van der Waals surface area contributed by atoms with E-state index in [0.717, 1.165) is 66.7 Å². The molecule has 8 heteroatoms. The quantitative estimate of drug-likeness (QED) is 0.617. The zero-order chi connectivity index (χ0) is 21.0. The smallest absolute Gasteiger partial charge is 0.212 e. The van der Waals surface area contributed by atoms with Gasteiger partial charge < -0.3 is 10.6 Å². The van der Waals surface area contributed by atoms with Crippen LogP contribution in [0.5, 0.6) is 0 Å². The minimum absolute atomic E-state index is 0.283. The normalized spacial score (nSPS) is 23.6. The second-order valence-corrected chi connectivity index (χ2v) is 9.78. The van der Waals surface area contributed by atoms with Crippen molar-refractivity contribution in [2.24, 2.45) is 17.1 Å². The van der Waals surface area contributed by atoms with Crippen LogP contribution in [0.1, 0.15) is 38.3 Å². The third kappa shape index (κ3) is 3.08. The highest BCUT2D eigenvalue weighted by Crippen LogP contribution is 2.48. The van der Waals surface area contributed by atoms with E-state index in [2.05, 4.69) is 22.0 Å². The van der Waals surface area contributed by atoms with Crippen LogP contribution in [0, 0.1) is 18.3 Å². The molecule has 5 rings (SSSR count). The molecule has 1 spiro atoms. The largest absolute Gasteiger partial charge is 0.342 e. The molecule has 0 amide bonds. The zero-order valence-electron chi connectivity index (χ0n) is 17.3. The first-order chi connectivity index (χ1) is 14.4. The summed E-state index contributed by atoms with van der Waals surface area (Å²) >= 11 is 12.8. The molecule has 2 fully saturated rings. The van der Waals surface area contributed by atoms with Crippen LogP contribution in [-0.4, -0.2) is 38.7 Å². The number of nitrogens with two attached hydrogens (primary N) is 1. The van der Waals surface area contributed by atoms with E-state index in [1.54, 1.807) is 12.4 Å². The fourth-order valence-electron chi connectivity index (χ4n) is 5.55. The van der Waals surface area contributed by atoms with E-state index in [0.29, 0.717) is 16.1 Å². The van der Waals surface area contributed by atoms with Crippen molar-refractivity contribution < 1.29 is 0 Å². The van der Waals surface area contributed by atoms with Gasteiger partial charge >= 0.3 is 0 Å². The minimum atomic E-state index is 0.283. The molecule has 0 unspecified atom stereocenters. The van der Waals surface area contributed by atoms with Crippen molar-refractivity contribution in [2.75, 3.05) is 18.0 Å². The molecule has 3 aromatic rings. The maximum atomic E-state index is 6.55. The maximum Gasteiger partial charge on any atom is 0.212 e. The number of halogens is 2. The van der Waals surface area contributed by atoms with E-state index in [1.165, 1.54) is 6.42 Å². The van der Waals surface area contributed by atoms with Gasteiger partial charge in [-0.2, -0.15) is 0 Å². The third-order valence-electron chi connectivity index (χ3n) is 7.08. The Balaban J connectivity index is 1.52. The third-order valence-corrected chi connectivity index (χ3v) is 7.90. The standard InChI is InChI=1S/C22H26Cl2N6/c1-13-10-17(25)22(11-13)6-8-29(9-7-22)21-27-14(2)18(20-28-26-12-30(20)21)15-4-3-5-16(23)19(15)24/h3-5,12-13,17H,6-11,25H2,1-2H3/t13-,17+/m0/s1. The second kappa shape index (κ2) is 7.36. The lowest BCUT2D eigenvalue weighted by Gasteiger charge is -2.42. The number of hydrogen-bond acceptors (Lipinski definition) is 5. The van der Waals surface area contributed by atoms with E-state index in [9.17, 15) is 0 Å². The molecule has 1 aliphatic carbocycles. The number of benzene rings is 1. The summed E-state index contributed by atoms with van der Waals surface area (Å²) in [5.41, 5.74) is 10.1. The van der Waals surface area contributed by atoms with E-state index in [1.807, 2.05) is 23.5 Å². The van der Waals surface area contributed by atoms with Crippen LogP contribution in [0.3, 0.4) is 0 Å². The Morgan fingerprint density at radius 1 is 1.20 bits per heavy atom. The first kappa shape index (κ1) is 20.0. The Morgan fingerprint density at radius 2 is 1.97 bits per heavy atom. The lowest BCUT2D eigenvalue weighted by atomic mass is 9.74. The molecular weight excluding hydrogens is 419 g/mol. The van der Waals surface area contributed by atoms with Crippen molar-refractivity contribution in [3.05, 3.63) is 40.3 Å². The number of aromatic nitrogens is 4. The van der Waals surface area contributed by atoms with Crippen LogP contribution in [0.15, 0.2) is 24.5 Å². The van der Waals surface area contributed by atoms with Crippen LogP contribution >= 0.6 is 23.2 Å².